The Balaban J connectivity index is 1.81. The van der Waals surface area contributed by atoms with Crippen LogP contribution in [-0.4, -0.2) is 37.7 Å². The minimum atomic E-state index is -0.0238. The van der Waals surface area contributed by atoms with Gasteiger partial charge in [0.2, 0.25) is 5.89 Å². The van der Waals surface area contributed by atoms with Crippen LogP contribution in [0.1, 0.15) is 39.3 Å². The highest BCUT2D eigenvalue weighted by Crippen LogP contribution is 2.25. The summed E-state index contributed by atoms with van der Waals surface area (Å²) >= 11 is 0. The maximum absolute atomic E-state index is 5.74. The Labute approximate surface area is 126 Å². The first-order valence-corrected chi connectivity index (χ1v) is 7.30. The van der Waals surface area contributed by atoms with Gasteiger partial charge in [0.15, 0.2) is 5.96 Å². The lowest BCUT2D eigenvalue weighted by atomic mass is 9.89. The summed E-state index contributed by atoms with van der Waals surface area (Å²) in [5, 5.41) is 6.52. The summed E-state index contributed by atoms with van der Waals surface area (Å²) in [7, 11) is 1.76. The van der Waals surface area contributed by atoms with E-state index in [4.69, 9.17) is 9.15 Å². The van der Waals surface area contributed by atoms with E-state index in [0.29, 0.717) is 12.4 Å². The number of nitrogens with one attached hydrogen (secondary N) is 2. The molecule has 0 saturated carbocycles. The second-order valence-corrected chi connectivity index (χ2v) is 6.95. The molecule has 0 atom stereocenters. The molecule has 1 aromatic rings. The molecule has 1 aliphatic rings. The summed E-state index contributed by atoms with van der Waals surface area (Å²) in [6, 6.07) is 0. The van der Waals surface area contributed by atoms with Gasteiger partial charge in [0, 0.05) is 24.4 Å². The molecule has 0 aliphatic carbocycles. The SMILES string of the molecule is CN=C(NCc1ncc(C(C)(C)C)o1)NCC1(C)COC1. The van der Waals surface area contributed by atoms with Gasteiger partial charge in [0.05, 0.1) is 26.0 Å². The summed E-state index contributed by atoms with van der Waals surface area (Å²) in [5.74, 6) is 2.31. The minimum Gasteiger partial charge on any atom is -0.443 e. The number of nitrogens with zero attached hydrogens (tertiary/aromatic N) is 2. The van der Waals surface area contributed by atoms with Crippen molar-refractivity contribution < 1.29 is 9.15 Å². The van der Waals surface area contributed by atoms with Crippen LogP contribution >= 0.6 is 0 Å². The van der Waals surface area contributed by atoms with Crippen molar-refractivity contribution in [1.29, 1.82) is 0 Å². The van der Waals surface area contributed by atoms with Gasteiger partial charge in [-0.2, -0.15) is 0 Å². The number of aromatic nitrogens is 1. The molecule has 1 aliphatic heterocycles. The van der Waals surface area contributed by atoms with E-state index in [1.165, 1.54) is 0 Å². The van der Waals surface area contributed by atoms with Crippen LogP contribution in [0.25, 0.3) is 0 Å². The lowest BCUT2D eigenvalue weighted by Crippen LogP contribution is -2.50. The summed E-state index contributed by atoms with van der Waals surface area (Å²) in [6.45, 7) is 11.5. The summed E-state index contributed by atoms with van der Waals surface area (Å²) in [6.07, 6.45) is 1.79. The Morgan fingerprint density at radius 2 is 2.10 bits per heavy atom. The smallest absolute Gasteiger partial charge is 0.213 e. The fourth-order valence-electron chi connectivity index (χ4n) is 1.97. The Hall–Kier alpha value is -1.56. The monoisotopic (exact) mass is 294 g/mol. The molecule has 0 amide bonds. The second kappa shape index (κ2) is 6.05. The molecule has 0 aromatic carbocycles. The van der Waals surface area contributed by atoms with Crippen molar-refractivity contribution >= 4 is 5.96 Å². The molecule has 1 saturated heterocycles. The third kappa shape index (κ3) is 4.20. The summed E-state index contributed by atoms with van der Waals surface area (Å²) in [5.41, 5.74) is 0.184. The van der Waals surface area contributed by atoms with Crippen molar-refractivity contribution in [3.63, 3.8) is 0 Å². The number of hydrogen-bond donors (Lipinski definition) is 2. The van der Waals surface area contributed by atoms with Gasteiger partial charge in [-0.15, -0.1) is 0 Å². The van der Waals surface area contributed by atoms with Crippen LogP contribution in [0.15, 0.2) is 15.6 Å². The van der Waals surface area contributed by atoms with E-state index in [1.54, 1.807) is 13.2 Å². The molecule has 1 fully saturated rings. The van der Waals surface area contributed by atoms with Crippen LogP contribution in [0.3, 0.4) is 0 Å². The van der Waals surface area contributed by atoms with Crippen molar-refractivity contribution in [1.82, 2.24) is 15.6 Å². The molecule has 21 heavy (non-hydrogen) atoms. The number of hydrogen-bond acceptors (Lipinski definition) is 4. The van der Waals surface area contributed by atoms with E-state index >= 15 is 0 Å². The third-order valence-corrected chi connectivity index (χ3v) is 3.51. The van der Waals surface area contributed by atoms with Crippen molar-refractivity contribution in [2.45, 2.75) is 39.7 Å². The Morgan fingerprint density at radius 1 is 1.38 bits per heavy atom. The van der Waals surface area contributed by atoms with E-state index in [2.05, 4.69) is 48.3 Å². The zero-order chi connectivity index (χ0) is 15.5. The van der Waals surface area contributed by atoms with Crippen molar-refractivity contribution in [3.05, 3.63) is 17.8 Å². The zero-order valence-electron chi connectivity index (χ0n) is 13.6. The predicted octanol–water partition coefficient (Wildman–Crippen LogP) is 1.67. The highest BCUT2D eigenvalue weighted by molar-refractivity contribution is 5.79. The average Bonchev–Trinajstić information content (AvgIpc) is 2.85. The van der Waals surface area contributed by atoms with Crippen LogP contribution in [0.5, 0.6) is 0 Å². The predicted molar refractivity (Wildman–Crippen MR) is 82.3 cm³/mol. The Morgan fingerprint density at radius 3 is 2.57 bits per heavy atom. The van der Waals surface area contributed by atoms with Gasteiger partial charge < -0.3 is 19.8 Å². The first-order chi connectivity index (χ1) is 9.82. The molecule has 0 radical (unpaired) electrons. The molecular formula is C15H26N4O2. The summed E-state index contributed by atoms with van der Waals surface area (Å²) in [4.78, 5) is 8.50. The van der Waals surface area contributed by atoms with Crippen molar-refractivity contribution in [3.8, 4) is 0 Å². The highest BCUT2D eigenvalue weighted by atomic mass is 16.5. The molecular weight excluding hydrogens is 268 g/mol. The van der Waals surface area contributed by atoms with E-state index in [0.717, 1.165) is 31.5 Å². The van der Waals surface area contributed by atoms with Crippen molar-refractivity contribution in [2.75, 3.05) is 26.8 Å². The van der Waals surface area contributed by atoms with Gasteiger partial charge in [-0.3, -0.25) is 4.99 Å². The van der Waals surface area contributed by atoms with E-state index in [9.17, 15) is 0 Å². The van der Waals surface area contributed by atoms with Crippen LogP contribution < -0.4 is 10.6 Å². The van der Waals surface area contributed by atoms with E-state index < -0.39 is 0 Å². The molecule has 0 bridgehead atoms. The Kier molecular flexibility index (Phi) is 4.56. The maximum atomic E-state index is 5.74. The molecule has 2 N–H and O–H groups in total. The largest absolute Gasteiger partial charge is 0.443 e. The lowest BCUT2D eigenvalue weighted by Gasteiger charge is -2.38. The molecule has 6 nitrogen and oxygen atoms in total. The first-order valence-electron chi connectivity index (χ1n) is 7.30. The number of guanidine groups is 1. The number of rotatable bonds is 4. The van der Waals surface area contributed by atoms with Crippen LogP contribution in [0, 0.1) is 5.41 Å². The average molecular weight is 294 g/mol. The normalized spacial score (nSPS) is 18.2. The van der Waals surface area contributed by atoms with Gasteiger partial charge in [0.25, 0.3) is 0 Å². The molecule has 2 heterocycles. The molecule has 1 aromatic heterocycles. The molecule has 2 rings (SSSR count). The highest BCUT2D eigenvalue weighted by Gasteiger charge is 2.33. The van der Waals surface area contributed by atoms with Crippen LogP contribution in [0.2, 0.25) is 0 Å². The third-order valence-electron chi connectivity index (χ3n) is 3.51. The van der Waals surface area contributed by atoms with E-state index in [-0.39, 0.29) is 10.8 Å². The van der Waals surface area contributed by atoms with Crippen LogP contribution in [0.4, 0.5) is 0 Å². The molecule has 118 valence electrons. The second-order valence-electron chi connectivity index (χ2n) is 6.95. The standard InChI is InChI=1S/C15H26N4O2/c1-14(2,3)11-6-17-12(21-11)7-18-13(16-5)19-8-15(4)9-20-10-15/h6H,7-10H2,1-5H3,(H2,16,18,19). The first kappa shape index (κ1) is 15.8. The minimum absolute atomic E-state index is 0.0238. The van der Waals surface area contributed by atoms with Crippen molar-refractivity contribution in [2.24, 2.45) is 10.4 Å². The number of oxazole rings is 1. The fourth-order valence-corrected chi connectivity index (χ4v) is 1.97. The molecule has 0 unspecified atom stereocenters. The summed E-state index contributed by atoms with van der Waals surface area (Å²) < 4.78 is 11.0. The molecule has 6 heteroatoms. The van der Waals surface area contributed by atoms with Gasteiger partial charge in [-0.1, -0.05) is 27.7 Å². The van der Waals surface area contributed by atoms with Gasteiger partial charge >= 0.3 is 0 Å². The topological polar surface area (TPSA) is 71.7 Å². The lowest BCUT2D eigenvalue weighted by molar-refractivity contribution is -0.0971. The Bertz CT molecular complexity index is 498. The van der Waals surface area contributed by atoms with E-state index in [1.807, 2.05) is 0 Å². The maximum Gasteiger partial charge on any atom is 0.213 e. The zero-order valence-corrected chi connectivity index (χ0v) is 13.6. The van der Waals surface area contributed by atoms with Gasteiger partial charge in [0.1, 0.15) is 5.76 Å². The van der Waals surface area contributed by atoms with Gasteiger partial charge in [-0.25, -0.2) is 4.98 Å². The fraction of sp³-hybridized carbons (Fsp3) is 0.733. The number of ether oxygens (including phenoxy) is 1. The molecule has 0 spiro atoms. The quantitative estimate of drug-likeness (QED) is 0.653. The van der Waals surface area contributed by atoms with Crippen LogP contribution in [-0.2, 0) is 16.7 Å². The number of aliphatic imine (C=N–C) groups is 1. The van der Waals surface area contributed by atoms with Gasteiger partial charge in [-0.05, 0) is 0 Å².